The number of amides is 1. The second-order valence-electron chi connectivity index (χ2n) is 8.25. The fraction of sp³-hybridized carbons (Fsp3) is 0.409. The molecule has 0 radical (unpaired) electrons. The molecule has 2 aromatic heterocycles. The third kappa shape index (κ3) is 4.24. The number of aliphatic hydroxyl groups is 1. The van der Waals surface area contributed by atoms with E-state index in [1.54, 1.807) is 29.5 Å². The maximum atomic E-state index is 12.5. The zero-order valence-corrected chi connectivity index (χ0v) is 16.9. The molecule has 1 saturated heterocycles. The maximum absolute atomic E-state index is 12.5. The highest BCUT2D eigenvalue weighted by atomic mass is 16.6. The number of benzene rings is 1. The number of ether oxygens (including phenoxy) is 1. The summed E-state index contributed by atoms with van der Waals surface area (Å²) in [6.07, 6.45) is 4.15. The molecule has 152 valence electrons. The summed E-state index contributed by atoms with van der Waals surface area (Å²) < 4.78 is 7.30. The molecule has 4 rings (SSSR count). The van der Waals surface area contributed by atoms with Crippen LogP contribution in [0.2, 0.25) is 0 Å². The van der Waals surface area contributed by atoms with E-state index in [0.29, 0.717) is 19.4 Å². The van der Waals surface area contributed by atoms with Crippen LogP contribution >= 0.6 is 0 Å². The van der Waals surface area contributed by atoms with Crippen LogP contribution in [0.5, 0.6) is 0 Å². The quantitative estimate of drug-likeness (QED) is 0.711. The summed E-state index contributed by atoms with van der Waals surface area (Å²) in [6.45, 7) is 6.08. The minimum atomic E-state index is -0.845. The first-order valence-electron chi connectivity index (χ1n) is 9.90. The van der Waals surface area contributed by atoms with Crippen LogP contribution in [-0.4, -0.2) is 48.9 Å². The third-order valence-electron chi connectivity index (χ3n) is 5.33. The van der Waals surface area contributed by atoms with Crippen molar-refractivity contribution in [2.45, 2.75) is 51.4 Å². The zero-order valence-electron chi connectivity index (χ0n) is 16.9. The second kappa shape index (κ2) is 7.48. The summed E-state index contributed by atoms with van der Waals surface area (Å²) in [5, 5.41) is 14.5. The average Bonchev–Trinajstić information content (AvgIpc) is 3.14. The highest BCUT2D eigenvalue weighted by Gasteiger charge is 2.33. The van der Waals surface area contributed by atoms with Crippen molar-refractivity contribution < 1.29 is 14.6 Å². The molecule has 1 fully saturated rings. The van der Waals surface area contributed by atoms with Gasteiger partial charge < -0.3 is 14.7 Å². The topological polar surface area (TPSA) is 80.0 Å². The van der Waals surface area contributed by atoms with Gasteiger partial charge in [0.25, 0.3) is 0 Å². The molecule has 0 aliphatic carbocycles. The van der Waals surface area contributed by atoms with Crippen LogP contribution in [0.3, 0.4) is 0 Å². The van der Waals surface area contributed by atoms with Gasteiger partial charge in [-0.15, -0.1) is 0 Å². The van der Waals surface area contributed by atoms with Crippen LogP contribution in [0, 0.1) is 0 Å². The third-order valence-corrected chi connectivity index (χ3v) is 5.33. The van der Waals surface area contributed by atoms with Crippen LogP contribution < -0.4 is 0 Å². The van der Waals surface area contributed by atoms with E-state index in [4.69, 9.17) is 4.74 Å². The minimum Gasteiger partial charge on any atom is -0.446 e. The number of imidazole rings is 1. The first-order valence-corrected chi connectivity index (χ1v) is 9.90. The van der Waals surface area contributed by atoms with Crippen molar-refractivity contribution in [3.8, 4) is 11.3 Å². The van der Waals surface area contributed by atoms with Crippen molar-refractivity contribution in [2.24, 2.45) is 0 Å². The lowest BCUT2D eigenvalue weighted by Crippen LogP contribution is -2.45. The van der Waals surface area contributed by atoms with Crippen molar-refractivity contribution in [3.05, 3.63) is 54.4 Å². The minimum absolute atomic E-state index is 0.0938. The van der Waals surface area contributed by atoms with Gasteiger partial charge in [0.2, 0.25) is 0 Å². The van der Waals surface area contributed by atoms with Gasteiger partial charge in [-0.2, -0.15) is 5.10 Å². The van der Waals surface area contributed by atoms with Crippen molar-refractivity contribution in [2.75, 3.05) is 6.54 Å². The number of nitrogens with zero attached hydrogens (tertiary/aromatic N) is 4. The van der Waals surface area contributed by atoms with Gasteiger partial charge >= 0.3 is 6.09 Å². The summed E-state index contributed by atoms with van der Waals surface area (Å²) in [5.41, 5.74) is 2.87. The Bertz CT molecular complexity index is 1010. The Morgan fingerprint density at radius 1 is 1.24 bits per heavy atom. The van der Waals surface area contributed by atoms with Crippen molar-refractivity contribution in [1.29, 1.82) is 0 Å². The standard InChI is InChI=1S/C22H26N4O3/c1-15(25-12-10-18(29-21(25)27)14-22(2,3)28)16-4-6-17(7-5-16)19-8-9-20-23-11-13-26(20)24-19/h4-9,11,13,15,18,28H,10,12,14H2,1-3H3. The van der Waals surface area contributed by atoms with E-state index in [9.17, 15) is 9.90 Å². The highest BCUT2D eigenvalue weighted by Crippen LogP contribution is 2.29. The molecule has 0 bridgehead atoms. The Labute approximate surface area is 169 Å². The summed E-state index contributed by atoms with van der Waals surface area (Å²) in [6, 6.07) is 11.9. The van der Waals surface area contributed by atoms with E-state index in [-0.39, 0.29) is 18.2 Å². The molecule has 7 nitrogen and oxygen atoms in total. The molecule has 0 spiro atoms. The van der Waals surface area contributed by atoms with Crippen LogP contribution in [-0.2, 0) is 4.74 Å². The first-order chi connectivity index (χ1) is 13.8. The number of rotatable bonds is 5. The molecule has 1 aliphatic heterocycles. The normalized spacial score (nSPS) is 18.7. The fourth-order valence-corrected chi connectivity index (χ4v) is 3.78. The Hall–Kier alpha value is -2.93. The molecule has 7 heteroatoms. The Morgan fingerprint density at radius 2 is 2.00 bits per heavy atom. The van der Waals surface area contributed by atoms with E-state index >= 15 is 0 Å². The van der Waals surface area contributed by atoms with Gasteiger partial charge in [-0.05, 0) is 38.5 Å². The van der Waals surface area contributed by atoms with Gasteiger partial charge in [0, 0.05) is 37.3 Å². The molecule has 2 atom stereocenters. The molecule has 2 unspecified atom stereocenters. The van der Waals surface area contributed by atoms with Gasteiger partial charge in [0.15, 0.2) is 5.65 Å². The van der Waals surface area contributed by atoms with Gasteiger partial charge in [0.1, 0.15) is 6.10 Å². The van der Waals surface area contributed by atoms with Gasteiger partial charge in [-0.1, -0.05) is 24.3 Å². The van der Waals surface area contributed by atoms with E-state index < -0.39 is 5.60 Å². The van der Waals surface area contributed by atoms with E-state index in [1.807, 2.05) is 49.5 Å². The lowest BCUT2D eigenvalue weighted by molar-refractivity contribution is -0.0309. The Kier molecular flexibility index (Phi) is 5.00. The fourth-order valence-electron chi connectivity index (χ4n) is 3.78. The summed E-state index contributed by atoms with van der Waals surface area (Å²) in [5.74, 6) is 0. The van der Waals surface area contributed by atoms with Gasteiger partial charge in [0.05, 0.1) is 17.3 Å². The number of fused-ring (bicyclic) bond motifs is 1. The van der Waals surface area contributed by atoms with E-state index in [2.05, 4.69) is 10.1 Å². The van der Waals surface area contributed by atoms with Crippen LogP contribution in [0.25, 0.3) is 16.9 Å². The summed E-state index contributed by atoms with van der Waals surface area (Å²) >= 11 is 0. The van der Waals surface area contributed by atoms with Crippen molar-refractivity contribution >= 4 is 11.7 Å². The maximum Gasteiger partial charge on any atom is 0.410 e. The first kappa shape index (κ1) is 19.4. The molecule has 29 heavy (non-hydrogen) atoms. The molecular formula is C22H26N4O3. The number of carbonyl (C=O) groups excluding carboxylic acids is 1. The number of hydrogen-bond donors (Lipinski definition) is 1. The molecule has 0 saturated carbocycles. The Balaban J connectivity index is 1.45. The number of cyclic esters (lactones) is 1. The predicted molar refractivity (Wildman–Crippen MR) is 109 cm³/mol. The largest absolute Gasteiger partial charge is 0.446 e. The molecule has 1 N–H and O–H groups in total. The van der Waals surface area contributed by atoms with E-state index in [0.717, 1.165) is 22.5 Å². The molecule has 1 aliphatic rings. The number of aromatic nitrogens is 3. The average molecular weight is 394 g/mol. The zero-order chi connectivity index (χ0) is 20.6. The monoisotopic (exact) mass is 394 g/mol. The SMILES string of the molecule is CC(c1ccc(-c2ccc3nccn3n2)cc1)N1CCC(CC(C)(C)O)OC1=O. The van der Waals surface area contributed by atoms with Gasteiger partial charge in [-0.3, -0.25) is 0 Å². The number of carbonyl (C=O) groups is 1. The highest BCUT2D eigenvalue weighted by molar-refractivity contribution is 5.69. The molecular weight excluding hydrogens is 368 g/mol. The molecule has 3 aromatic rings. The van der Waals surface area contributed by atoms with Crippen LogP contribution in [0.1, 0.15) is 45.2 Å². The summed E-state index contributed by atoms with van der Waals surface area (Å²) in [7, 11) is 0. The smallest absolute Gasteiger partial charge is 0.410 e. The second-order valence-corrected chi connectivity index (χ2v) is 8.25. The summed E-state index contributed by atoms with van der Waals surface area (Å²) in [4.78, 5) is 18.4. The van der Waals surface area contributed by atoms with Gasteiger partial charge in [-0.25, -0.2) is 14.3 Å². The molecule has 3 heterocycles. The number of hydrogen-bond acceptors (Lipinski definition) is 5. The van der Waals surface area contributed by atoms with Crippen LogP contribution in [0.4, 0.5) is 4.79 Å². The lowest BCUT2D eigenvalue weighted by Gasteiger charge is -2.37. The van der Waals surface area contributed by atoms with Crippen molar-refractivity contribution in [3.63, 3.8) is 0 Å². The molecule has 1 amide bonds. The molecule has 1 aromatic carbocycles. The Morgan fingerprint density at radius 3 is 2.69 bits per heavy atom. The van der Waals surface area contributed by atoms with Crippen molar-refractivity contribution in [1.82, 2.24) is 19.5 Å². The van der Waals surface area contributed by atoms with E-state index in [1.165, 1.54) is 0 Å². The lowest BCUT2D eigenvalue weighted by atomic mass is 9.97. The van der Waals surface area contributed by atoms with Crippen LogP contribution in [0.15, 0.2) is 48.8 Å². The predicted octanol–water partition coefficient (Wildman–Crippen LogP) is 3.83.